The average molecular weight is 563 g/mol. The Labute approximate surface area is 249 Å². The van der Waals surface area contributed by atoms with Crippen molar-refractivity contribution in [2.75, 3.05) is 45.9 Å². The van der Waals surface area contributed by atoms with Gasteiger partial charge in [0, 0.05) is 25.7 Å². The lowest BCUT2D eigenvalue weighted by Gasteiger charge is -2.39. The fraction of sp³-hybridized carbons (Fsp3) is 0.971. The molecule has 0 saturated carbocycles. The molecule has 2 amide bonds. The van der Waals surface area contributed by atoms with Crippen LogP contribution < -0.4 is 0 Å². The van der Waals surface area contributed by atoms with Gasteiger partial charge in [-0.1, -0.05) is 110 Å². The topological polar surface area (TPSA) is 46.7 Å². The van der Waals surface area contributed by atoms with Gasteiger partial charge in [-0.15, -0.1) is 0 Å². The minimum Gasteiger partial charge on any atom is -0.325 e. The van der Waals surface area contributed by atoms with Crippen LogP contribution in [0.1, 0.15) is 162 Å². The van der Waals surface area contributed by atoms with Gasteiger partial charge in [0.05, 0.1) is 6.61 Å². The van der Waals surface area contributed by atoms with Crippen LogP contribution in [0.5, 0.6) is 0 Å². The van der Waals surface area contributed by atoms with Gasteiger partial charge in [0.25, 0.3) is 0 Å². The molecule has 5 heteroatoms. The molecule has 2 rings (SSSR count). The van der Waals surface area contributed by atoms with E-state index in [4.69, 9.17) is 0 Å². The van der Waals surface area contributed by atoms with Crippen LogP contribution in [-0.2, 0) is 5.11 Å². The molecule has 0 bridgehead atoms. The highest BCUT2D eigenvalue weighted by Crippen LogP contribution is 2.22. The van der Waals surface area contributed by atoms with Crippen LogP contribution >= 0.6 is 0 Å². The van der Waals surface area contributed by atoms with Gasteiger partial charge >= 0.3 is 6.03 Å². The Morgan fingerprint density at radius 3 is 1.75 bits per heavy atom. The van der Waals surface area contributed by atoms with E-state index in [0.29, 0.717) is 6.42 Å². The first-order chi connectivity index (χ1) is 19.7. The Balaban J connectivity index is 1.60. The van der Waals surface area contributed by atoms with Crippen molar-refractivity contribution in [1.29, 1.82) is 0 Å². The summed E-state index contributed by atoms with van der Waals surface area (Å²) < 4.78 is 0. The van der Waals surface area contributed by atoms with E-state index >= 15 is 0 Å². The third-order valence-electron chi connectivity index (χ3n) is 9.65. The van der Waals surface area contributed by atoms with Crippen molar-refractivity contribution in [2.24, 2.45) is 5.92 Å². The number of carbonyl (C=O) groups excluding carboxylic acids is 1. The molecule has 1 radical (unpaired) electrons. The first-order valence-corrected chi connectivity index (χ1v) is 18.0. The SMILES string of the molecule is CCCCCCCCCCCCCCCCCCN(CCCN1CCC(C)CC1)C(=O)N1CCCCC1CC[O]. The highest BCUT2D eigenvalue weighted by Gasteiger charge is 2.29. The second-order valence-electron chi connectivity index (χ2n) is 13.3. The smallest absolute Gasteiger partial charge is 0.320 e. The molecule has 2 aliphatic heterocycles. The van der Waals surface area contributed by atoms with Crippen molar-refractivity contribution < 1.29 is 9.90 Å². The molecule has 40 heavy (non-hydrogen) atoms. The number of amides is 2. The maximum Gasteiger partial charge on any atom is 0.320 e. The molecule has 235 valence electrons. The van der Waals surface area contributed by atoms with Gasteiger partial charge in [-0.2, -0.15) is 0 Å². The van der Waals surface area contributed by atoms with Crippen molar-refractivity contribution in [1.82, 2.24) is 14.7 Å². The van der Waals surface area contributed by atoms with Crippen molar-refractivity contribution >= 4 is 6.03 Å². The van der Waals surface area contributed by atoms with Crippen molar-refractivity contribution in [3.8, 4) is 0 Å². The molecule has 2 aliphatic rings. The molecule has 0 N–H and O–H groups in total. The molecule has 0 aromatic carbocycles. The summed E-state index contributed by atoms with van der Waals surface area (Å²) in [5.41, 5.74) is 0. The van der Waals surface area contributed by atoms with Crippen LogP contribution in [0.2, 0.25) is 0 Å². The molecular weight excluding hydrogens is 494 g/mol. The third-order valence-corrected chi connectivity index (χ3v) is 9.65. The Hall–Kier alpha value is -0.810. The van der Waals surface area contributed by atoms with Gasteiger partial charge in [0.1, 0.15) is 0 Å². The molecule has 1 unspecified atom stereocenters. The second-order valence-corrected chi connectivity index (χ2v) is 13.3. The number of carbonyl (C=O) groups is 1. The van der Waals surface area contributed by atoms with Crippen molar-refractivity contribution in [2.45, 2.75) is 168 Å². The summed E-state index contributed by atoms with van der Waals surface area (Å²) in [6, 6.07) is 0.377. The van der Waals surface area contributed by atoms with Gasteiger partial charge in [-0.25, -0.2) is 9.90 Å². The quantitative estimate of drug-likeness (QED) is 0.116. The van der Waals surface area contributed by atoms with Crippen LogP contribution in [0.3, 0.4) is 0 Å². The zero-order valence-electron chi connectivity index (χ0n) is 27.0. The van der Waals surface area contributed by atoms with Gasteiger partial charge in [0.15, 0.2) is 0 Å². The highest BCUT2D eigenvalue weighted by molar-refractivity contribution is 5.75. The molecular formula is C35H68N3O2. The van der Waals surface area contributed by atoms with E-state index < -0.39 is 0 Å². The lowest BCUT2D eigenvalue weighted by molar-refractivity contribution is 0.0893. The largest absolute Gasteiger partial charge is 0.325 e. The number of likely N-dealkylation sites (tertiary alicyclic amines) is 2. The summed E-state index contributed by atoms with van der Waals surface area (Å²) in [5.74, 6) is 0.862. The van der Waals surface area contributed by atoms with Gasteiger partial charge in [0.2, 0.25) is 0 Å². The average Bonchev–Trinajstić information content (AvgIpc) is 2.97. The van der Waals surface area contributed by atoms with Gasteiger partial charge in [-0.05, 0) is 76.9 Å². The van der Waals surface area contributed by atoms with E-state index in [0.717, 1.165) is 64.2 Å². The summed E-state index contributed by atoms with van der Waals surface area (Å²) in [6.07, 6.45) is 29.5. The maximum atomic E-state index is 13.6. The molecule has 2 heterocycles. The molecule has 5 nitrogen and oxygen atoms in total. The Bertz CT molecular complexity index is 591. The molecule has 2 saturated heterocycles. The van der Waals surface area contributed by atoms with E-state index in [9.17, 15) is 9.90 Å². The highest BCUT2D eigenvalue weighted by atomic mass is 16.3. The van der Waals surface area contributed by atoms with Crippen LogP contribution in [-0.4, -0.2) is 72.6 Å². The Morgan fingerprint density at radius 1 is 0.675 bits per heavy atom. The van der Waals surface area contributed by atoms with Crippen LogP contribution in [0, 0.1) is 5.92 Å². The van der Waals surface area contributed by atoms with E-state index in [1.54, 1.807) is 0 Å². The minimum absolute atomic E-state index is 0.0685. The summed E-state index contributed by atoms with van der Waals surface area (Å²) in [5, 5.41) is 11.4. The Morgan fingerprint density at radius 2 is 1.20 bits per heavy atom. The number of unbranched alkanes of at least 4 members (excludes halogenated alkanes) is 15. The first kappa shape index (κ1) is 35.4. The number of rotatable bonds is 23. The number of nitrogens with zero attached hydrogens (tertiary/aromatic N) is 3. The molecule has 2 fully saturated rings. The second kappa shape index (κ2) is 23.7. The lowest BCUT2D eigenvalue weighted by atomic mass is 9.99. The Kier molecular flexibility index (Phi) is 21.0. The van der Waals surface area contributed by atoms with Crippen LogP contribution in [0.25, 0.3) is 0 Å². The van der Waals surface area contributed by atoms with Crippen molar-refractivity contribution in [3.05, 3.63) is 0 Å². The molecule has 1 atom stereocenters. The molecule has 0 aromatic heterocycles. The number of hydrogen-bond donors (Lipinski definition) is 0. The number of piperidine rings is 2. The normalized spacial score (nSPS) is 18.9. The zero-order valence-corrected chi connectivity index (χ0v) is 27.0. The standard InChI is InChI=1S/C35H68N3O2/c1-3-4-5-6-7-8-9-10-11-12-13-14-15-16-17-19-27-37(28-21-26-36-30-23-33(2)24-31-36)35(40)38-29-20-18-22-34(38)25-32-39/h33-34H,3-32H2,1-2H3. The summed E-state index contributed by atoms with van der Waals surface area (Å²) in [4.78, 5) is 20.5. The van der Waals surface area contributed by atoms with Gasteiger partial charge < -0.3 is 14.7 Å². The van der Waals surface area contributed by atoms with Gasteiger partial charge in [-0.3, -0.25) is 0 Å². The molecule has 0 spiro atoms. The van der Waals surface area contributed by atoms with E-state index in [1.807, 2.05) is 0 Å². The third kappa shape index (κ3) is 16.0. The summed E-state index contributed by atoms with van der Waals surface area (Å²) >= 11 is 0. The maximum absolute atomic E-state index is 13.6. The molecule has 0 aliphatic carbocycles. The fourth-order valence-electron chi connectivity index (χ4n) is 6.79. The van der Waals surface area contributed by atoms with E-state index in [2.05, 4.69) is 28.5 Å². The van der Waals surface area contributed by atoms with E-state index in [-0.39, 0.29) is 18.7 Å². The van der Waals surface area contributed by atoms with Crippen LogP contribution in [0.15, 0.2) is 0 Å². The fourth-order valence-corrected chi connectivity index (χ4v) is 6.79. The predicted octanol–water partition coefficient (Wildman–Crippen LogP) is 9.47. The van der Waals surface area contributed by atoms with E-state index in [1.165, 1.54) is 122 Å². The van der Waals surface area contributed by atoms with Crippen LogP contribution in [0.4, 0.5) is 4.79 Å². The first-order valence-electron chi connectivity index (χ1n) is 18.0. The molecule has 0 aromatic rings. The zero-order chi connectivity index (χ0) is 28.7. The summed E-state index contributed by atoms with van der Waals surface area (Å²) in [6.45, 7) is 10.7. The number of hydrogen-bond acceptors (Lipinski definition) is 2. The lowest BCUT2D eigenvalue weighted by Crippen LogP contribution is -2.51. The monoisotopic (exact) mass is 563 g/mol. The predicted molar refractivity (Wildman–Crippen MR) is 170 cm³/mol. The summed E-state index contributed by atoms with van der Waals surface area (Å²) in [7, 11) is 0. The van der Waals surface area contributed by atoms with Crippen molar-refractivity contribution in [3.63, 3.8) is 0 Å². The minimum atomic E-state index is -0.0685. The number of urea groups is 1.